The Kier molecular flexibility index (Phi) is 9.11. The average Bonchev–Trinajstić information content (AvgIpc) is 2.82. The van der Waals surface area contributed by atoms with E-state index >= 15 is 0 Å². The Morgan fingerprint density at radius 3 is 2.75 bits per heavy atom. The van der Waals surface area contributed by atoms with E-state index in [1.165, 1.54) is 12.1 Å². The van der Waals surface area contributed by atoms with Crippen LogP contribution in [-0.2, 0) is 11.3 Å². The highest BCUT2D eigenvalue weighted by Gasteiger charge is 2.20. The van der Waals surface area contributed by atoms with Crippen molar-refractivity contribution in [2.75, 3.05) is 33.9 Å². The number of hydrogen-bond acceptors (Lipinski definition) is 4. The van der Waals surface area contributed by atoms with Gasteiger partial charge in [-0.25, -0.2) is 4.39 Å². The molecular formula is C26H33FN2O3. The summed E-state index contributed by atoms with van der Waals surface area (Å²) in [5, 5.41) is 3.01. The molecule has 1 atom stereocenters. The minimum Gasteiger partial charge on any atom is -0.497 e. The highest BCUT2D eigenvalue weighted by atomic mass is 19.1. The van der Waals surface area contributed by atoms with Crippen molar-refractivity contribution in [3.63, 3.8) is 0 Å². The zero-order valence-corrected chi connectivity index (χ0v) is 19.0. The van der Waals surface area contributed by atoms with Gasteiger partial charge in [0.1, 0.15) is 17.3 Å². The fraction of sp³-hybridized carbons (Fsp3) is 0.423. The number of halogens is 1. The maximum atomic E-state index is 13.0. The summed E-state index contributed by atoms with van der Waals surface area (Å²) in [6, 6.07) is 12.1. The molecule has 172 valence electrons. The van der Waals surface area contributed by atoms with Crippen molar-refractivity contribution in [2.45, 2.75) is 32.2 Å². The SMILES string of the molecule is COc1ccc(CNC(=O)CCC2CCCN(CC=Cc3ccc(F)cc3)C2)c(OC)c1. The third-order valence-electron chi connectivity index (χ3n) is 5.90. The van der Waals surface area contributed by atoms with Crippen molar-refractivity contribution in [1.29, 1.82) is 0 Å². The molecule has 1 fully saturated rings. The number of rotatable bonds is 10. The molecule has 6 heteroatoms. The van der Waals surface area contributed by atoms with Gasteiger partial charge in [-0.2, -0.15) is 0 Å². The summed E-state index contributed by atoms with van der Waals surface area (Å²) >= 11 is 0. The lowest BCUT2D eigenvalue weighted by Gasteiger charge is -2.31. The molecule has 2 aromatic carbocycles. The van der Waals surface area contributed by atoms with Gasteiger partial charge in [0, 0.05) is 37.7 Å². The number of benzene rings is 2. The van der Waals surface area contributed by atoms with Crippen LogP contribution in [-0.4, -0.2) is 44.7 Å². The van der Waals surface area contributed by atoms with Crippen molar-refractivity contribution < 1.29 is 18.7 Å². The number of ether oxygens (including phenoxy) is 2. The van der Waals surface area contributed by atoms with Crippen LogP contribution in [0.3, 0.4) is 0 Å². The van der Waals surface area contributed by atoms with E-state index < -0.39 is 0 Å². The molecule has 0 bridgehead atoms. The Morgan fingerprint density at radius 2 is 2.00 bits per heavy atom. The molecule has 0 radical (unpaired) electrons. The Morgan fingerprint density at radius 1 is 1.19 bits per heavy atom. The molecule has 1 N–H and O–H groups in total. The summed E-state index contributed by atoms with van der Waals surface area (Å²) in [4.78, 5) is 14.8. The lowest BCUT2D eigenvalue weighted by Crippen LogP contribution is -2.36. The molecule has 1 unspecified atom stereocenters. The van der Waals surface area contributed by atoms with Crippen LogP contribution in [0.25, 0.3) is 6.08 Å². The minimum absolute atomic E-state index is 0.0659. The van der Waals surface area contributed by atoms with Gasteiger partial charge in [0.05, 0.1) is 14.2 Å². The molecule has 0 aliphatic carbocycles. The van der Waals surface area contributed by atoms with Crippen molar-refractivity contribution in [3.8, 4) is 11.5 Å². The molecule has 1 amide bonds. The summed E-state index contributed by atoms with van der Waals surface area (Å²) in [5.41, 5.74) is 1.93. The maximum Gasteiger partial charge on any atom is 0.220 e. The summed E-state index contributed by atoms with van der Waals surface area (Å²) in [6.07, 6.45) is 7.90. The molecule has 3 rings (SSSR count). The molecule has 1 aliphatic heterocycles. The zero-order chi connectivity index (χ0) is 22.8. The van der Waals surface area contributed by atoms with Crippen LogP contribution in [0.1, 0.15) is 36.8 Å². The van der Waals surface area contributed by atoms with Gasteiger partial charge in [-0.1, -0.05) is 24.3 Å². The van der Waals surface area contributed by atoms with Gasteiger partial charge in [0.2, 0.25) is 5.91 Å². The molecule has 1 saturated heterocycles. The Labute approximate surface area is 190 Å². The van der Waals surface area contributed by atoms with Gasteiger partial charge in [0.15, 0.2) is 0 Å². The van der Waals surface area contributed by atoms with Crippen LogP contribution >= 0.6 is 0 Å². The van der Waals surface area contributed by atoms with Gasteiger partial charge >= 0.3 is 0 Å². The third kappa shape index (κ3) is 7.38. The van der Waals surface area contributed by atoms with E-state index in [1.807, 2.05) is 24.3 Å². The normalized spacial score (nSPS) is 16.8. The molecule has 0 spiro atoms. The molecule has 0 saturated carbocycles. The lowest BCUT2D eigenvalue weighted by molar-refractivity contribution is -0.121. The second-order valence-corrected chi connectivity index (χ2v) is 8.21. The van der Waals surface area contributed by atoms with E-state index in [4.69, 9.17) is 9.47 Å². The van der Waals surface area contributed by atoms with E-state index in [0.29, 0.717) is 24.6 Å². The molecule has 2 aromatic rings. The van der Waals surface area contributed by atoms with Crippen LogP contribution in [0.5, 0.6) is 11.5 Å². The summed E-state index contributed by atoms with van der Waals surface area (Å²) in [7, 11) is 3.23. The molecule has 1 aliphatic rings. The first-order chi connectivity index (χ1) is 15.6. The standard InChI is InChI=1S/C26H33FN2O3/c1-31-24-13-10-22(25(17-24)32-2)18-28-26(30)14-9-21-6-4-16-29(19-21)15-3-5-20-7-11-23(27)12-8-20/h3,5,7-8,10-13,17,21H,4,6,9,14-16,18-19H2,1-2H3,(H,28,30). The van der Waals surface area contributed by atoms with E-state index in [1.54, 1.807) is 26.4 Å². The predicted octanol–water partition coefficient (Wildman–Crippen LogP) is 4.66. The second-order valence-electron chi connectivity index (χ2n) is 8.21. The van der Waals surface area contributed by atoms with Gasteiger partial charge < -0.3 is 14.8 Å². The van der Waals surface area contributed by atoms with Crippen LogP contribution in [0.4, 0.5) is 4.39 Å². The number of hydrogen-bond donors (Lipinski definition) is 1. The largest absolute Gasteiger partial charge is 0.497 e. The van der Waals surface area contributed by atoms with Crippen LogP contribution < -0.4 is 14.8 Å². The number of methoxy groups -OCH3 is 2. The van der Waals surface area contributed by atoms with Crippen molar-refractivity contribution in [2.24, 2.45) is 5.92 Å². The zero-order valence-electron chi connectivity index (χ0n) is 19.0. The number of piperidine rings is 1. The summed E-state index contributed by atoms with van der Waals surface area (Å²) in [6.45, 7) is 3.40. The number of amides is 1. The predicted molar refractivity (Wildman–Crippen MR) is 125 cm³/mol. The lowest BCUT2D eigenvalue weighted by atomic mass is 9.93. The topological polar surface area (TPSA) is 50.8 Å². The van der Waals surface area contributed by atoms with E-state index in [0.717, 1.165) is 55.8 Å². The molecule has 1 heterocycles. The van der Waals surface area contributed by atoms with E-state index in [2.05, 4.69) is 16.3 Å². The fourth-order valence-electron chi connectivity index (χ4n) is 4.08. The van der Waals surface area contributed by atoms with Crippen molar-refractivity contribution >= 4 is 12.0 Å². The second kappa shape index (κ2) is 12.2. The number of carbonyl (C=O) groups is 1. The van der Waals surface area contributed by atoms with Gasteiger partial charge in [0.25, 0.3) is 0 Å². The molecule has 0 aromatic heterocycles. The van der Waals surface area contributed by atoms with Crippen molar-refractivity contribution in [1.82, 2.24) is 10.2 Å². The highest BCUT2D eigenvalue weighted by Crippen LogP contribution is 2.25. The smallest absolute Gasteiger partial charge is 0.220 e. The van der Waals surface area contributed by atoms with Crippen LogP contribution in [0.15, 0.2) is 48.5 Å². The maximum absolute atomic E-state index is 13.0. The van der Waals surface area contributed by atoms with Gasteiger partial charge in [-0.3, -0.25) is 9.69 Å². The van der Waals surface area contributed by atoms with E-state index in [9.17, 15) is 9.18 Å². The van der Waals surface area contributed by atoms with Crippen LogP contribution in [0, 0.1) is 11.7 Å². The first-order valence-electron chi connectivity index (χ1n) is 11.2. The molecule has 32 heavy (non-hydrogen) atoms. The Balaban J connectivity index is 1.39. The average molecular weight is 441 g/mol. The Bertz CT molecular complexity index is 898. The Hall–Kier alpha value is -2.86. The first-order valence-corrected chi connectivity index (χ1v) is 11.2. The highest BCUT2D eigenvalue weighted by molar-refractivity contribution is 5.76. The minimum atomic E-state index is -0.215. The third-order valence-corrected chi connectivity index (χ3v) is 5.90. The molecular weight excluding hydrogens is 407 g/mol. The monoisotopic (exact) mass is 440 g/mol. The molecule has 5 nitrogen and oxygen atoms in total. The van der Waals surface area contributed by atoms with Crippen molar-refractivity contribution in [3.05, 3.63) is 65.5 Å². The summed E-state index contributed by atoms with van der Waals surface area (Å²) in [5.74, 6) is 1.82. The van der Waals surface area contributed by atoms with E-state index in [-0.39, 0.29) is 11.7 Å². The first kappa shape index (κ1) is 23.8. The number of nitrogens with one attached hydrogen (secondary N) is 1. The number of nitrogens with zero attached hydrogens (tertiary/aromatic N) is 1. The number of likely N-dealkylation sites (tertiary alicyclic amines) is 1. The van der Waals surface area contributed by atoms with Gasteiger partial charge in [-0.15, -0.1) is 0 Å². The van der Waals surface area contributed by atoms with Crippen LogP contribution in [0.2, 0.25) is 0 Å². The quantitative estimate of drug-likeness (QED) is 0.584. The number of carbonyl (C=O) groups excluding carboxylic acids is 1. The summed E-state index contributed by atoms with van der Waals surface area (Å²) < 4.78 is 23.6. The van der Waals surface area contributed by atoms with Gasteiger partial charge in [-0.05, 0) is 61.6 Å². The fourth-order valence-corrected chi connectivity index (χ4v) is 4.08.